The van der Waals surface area contributed by atoms with Crippen molar-refractivity contribution < 1.29 is 19.4 Å². The molecule has 5 rings (SSSR count). The van der Waals surface area contributed by atoms with Gasteiger partial charge in [0.15, 0.2) is 10.9 Å². The number of ether oxygens (including phenoxy) is 1. The van der Waals surface area contributed by atoms with E-state index < -0.39 is 17.7 Å². The number of aromatic nitrogens is 1. The molecule has 2 aromatic heterocycles. The van der Waals surface area contributed by atoms with Gasteiger partial charge in [0, 0.05) is 19.8 Å². The third-order valence-electron chi connectivity index (χ3n) is 5.79. The van der Waals surface area contributed by atoms with Gasteiger partial charge in [0.2, 0.25) is 5.78 Å². The molecule has 1 unspecified atom stereocenters. The maximum absolute atomic E-state index is 13.5. The lowest BCUT2D eigenvalue weighted by molar-refractivity contribution is -0.117. The van der Waals surface area contributed by atoms with Crippen molar-refractivity contribution in [3.05, 3.63) is 81.8 Å². The largest absolute Gasteiger partial charge is 0.503 e. The molecular weight excluding hydrogens is 482 g/mol. The van der Waals surface area contributed by atoms with Gasteiger partial charge in [-0.3, -0.25) is 14.5 Å². The number of hydrogen-bond acceptors (Lipinski definition) is 8. The quantitative estimate of drug-likeness (QED) is 0.329. The number of thiazole rings is 1. The number of carbonyl (C=O) groups is 2. The summed E-state index contributed by atoms with van der Waals surface area (Å²) in [6, 6.07) is 15.8. The van der Waals surface area contributed by atoms with Crippen LogP contribution in [0.4, 0.5) is 10.8 Å². The fourth-order valence-electron chi connectivity index (χ4n) is 4.10. The van der Waals surface area contributed by atoms with Crippen LogP contribution in [0.3, 0.4) is 0 Å². The first-order valence-corrected chi connectivity index (χ1v) is 12.7. The standard InChI is InChI=1S/C26H23N3O4S2/c1-4-33-17-11-12-18-20(14-17)35-26(27-18)29-22(15-7-9-16(10-8-15)28(2)3)21(24(31)25(29)32)23(30)19-6-5-13-34-19/h5-14,22,31H,4H2,1-3H3. The number of fused-ring (bicyclic) bond motifs is 1. The summed E-state index contributed by atoms with van der Waals surface area (Å²) in [5.74, 6) is -0.835. The van der Waals surface area contributed by atoms with E-state index >= 15 is 0 Å². The van der Waals surface area contributed by atoms with E-state index in [1.165, 1.54) is 27.6 Å². The number of carbonyl (C=O) groups excluding carboxylic acids is 2. The number of rotatable bonds is 7. The lowest BCUT2D eigenvalue weighted by atomic mass is 9.95. The predicted octanol–water partition coefficient (Wildman–Crippen LogP) is 5.61. The van der Waals surface area contributed by atoms with Gasteiger partial charge in [-0.15, -0.1) is 11.3 Å². The van der Waals surface area contributed by atoms with Crippen LogP contribution in [0.2, 0.25) is 0 Å². The second-order valence-corrected chi connectivity index (χ2v) is 10.1. The Morgan fingerprint density at radius 1 is 1.17 bits per heavy atom. The zero-order valence-corrected chi connectivity index (χ0v) is 21.0. The molecule has 9 heteroatoms. The van der Waals surface area contributed by atoms with E-state index in [0.717, 1.165) is 10.4 Å². The minimum absolute atomic E-state index is 0.0596. The van der Waals surface area contributed by atoms with Crippen LogP contribution in [0.5, 0.6) is 5.75 Å². The highest BCUT2D eigenvalue weighted by molar-refractivity contribution is 7.22. The van der Waals surface area contributed by atoms with Crippen LogP contribution in [0.1, 0.15) is 28.2 Å². The van der Waals surface area contributed by atoms with Crippen LogP contribution in [-0.2, 0) is 4.79 Å². The normalized spacial score (nSPS) is 15.8. The number of anilines is 2. The fraction of sp³-hybridized carbons (Fsp3) is 0.192. The summed E-state index contributed by atoms with van der Waals surface area (Å²) in [6.45, 7) is 2.46. The zero-order chi connectivity index (χ0) is 24.7. The van der Waals surface area contributed by atoms with Crippen molar-refractivity contribution in [2.75, 3.05) is 30.5 Å². The molecule has 0 fully saturated rings. The molecule has 3 heterocycles. The molecule has 0 saturated carbocycles. The minimum Gasteiger partial charge on any atom is -0.503 e. The molecule has 35 heavy (non-hydrogen) atoms. The Bertz CT molecular complexity index is 1440. The first kappa shape index (κ1) is 23.1. The summed E-state index contributed by atoms with van der Waals surface area (Å²) in [6.07, 6.45) is 0. The number of nitrogens with zero attached hydrogens (tertiary/aromatic N) is 3. The molecule has 178 valence electrons. The van der Waals surface area contributed by atoms with Crippen LogP contribution >= 0.6 is 22.7 Å². The molecule has 0 radical (unpaired) electrons. The highest BCUT2D eigenvalue weighted by atomic mass is 32.1. The number of Topliss-reactive ketones (excluding diaryl/α,β-unsaturated/α-hetero) is 1. The first-order chi connectivity index (χ1) is 16.9. The Kier molecular flexibility index (Phi) is 6.04. The fourth-order valence-corrected chi connectivity index (χ4v) is 5.80. The molecule has 0 bridgehead atoms. The summed E-state index contributed by atoms with van der Waals surface area (Å²) in [4.78, 5) is 35.4. The first-order valence-electron chi connectivity index (χ1n) is 11.0. The Hall–Kier alpha value is -3.69. The number of hydrogen-bond donors (Lipinski definition) is 1. The van der Waals surface area contributed by atoms with E-state index in [1.807, 2.05) is 68.4 Å². The third kappa shape index (κ3) is 4.06. The van der Waals surface area contributed by atoms with Gasteiger partial charge >= 0.3 is 0 Å². The molecule has 7 nitrogen and oxygen atoms in total. The summed E-state index contributed by atoms with van der Waals surface area (Å²) in [7, 11) is 3.88. The molecule has 1 aliphatic heterocycles. The Labute approximate surface area is 210 Å². The van der Waals surface area contributed by atoms with Gasteiger partial charge in [0.05, 0.1) is 33.3 Å². The molecule has 0 saturated heterocycles. The average Bonchev–Trinajstić information content (AvgIpc) is 3.58. The summed E-state index contributed by atoms with van der Waals surface area (Å²) < 4.78 is 6.45. The number of aliphatic hydroxyl groups is 1. The second kappa shape index (κ2) is 9.16. The van der Waals surface area contributed by atoms with Crippen molar-refractivity contribution >= 4 is 55.4 Å². The molecule has 1 aliphatic rings. The summed E-state index contributed by atoms with van der Waals surface area (Å²) in [5.41, 5.74) is 2.46. The van der Waals surface area contributed by atoms with Crippen molar-refractivity contribution in [1.82, 2.24) is 4.98 Å². The van der Waals surface area contributed by atoms with Crippen LogP contribution in [0, 0.1) is 0 Å². The molecule has 1 amide bonds. The summed E-state index contributed by atoms with van der Waals surface area (Å²) >= 11 is 2.59. The number of aliphatic hydroxyl groups excluding tert-OH is 1. The Balaban J connectivity index is 1.64. The average molecular weight is 506 g/mol. The monoisotopic (exact) mass is 505 g/mol. The van der Waals surface area contributed by atoms with Crippen molar-refractivity contribution in [1.29, 1.82) is 0 Å². The van der Waals surface area contributed by atoms with Gasteiger partial charge in [0.25, 0.3) is 5.91 Å². The van der Waals surface area contributed by atoms with Crippen molar-refractivity contribution in [2.24, 2.45) is 0 Å². The maximum Gasteiger partial charge on any atom is 0.296 e. The number of amides is 1. The molecule has 0 spiro atoms. The van der Waals surface area contributed by atoms with Crippen LogP contribution in [-0.4, -0.2) is 42.5 Å². The highest BCUT2D eigenvalue weighted by Crippen LogP contribution is 2.45. The molecule has 0 aliphatic carbocycles. The highest BCUT2D eigenvalue weighted by Gasteiger charge is 2.46. The third-order valence-corrected chi connectivity index (χ3v) is 7.67. The van der Waals surface area contributed by atoms with Crippen molar-refractivity contribution in [3.8, 4) is 5.75 Å². The molecule has 4 aromatic rings. The van der Waals surface area contributed by atoms with Crippen molar-refractivity contribution in [2.45, 2.75) is 13.0 Å². The zero-order valence-electron chi connectivity index (χ0n) is 19.4. The van der Waals surface area contributed by atoms with Crippen LogP contribution in [0.15, 0.2) is 71.3 Å². The molecule has 2 aromatic carbocycles. The van der Waals surface area contributed by atoms with Gasteiger partial charge in [-0.25, -0.2) is 4.98 Å². The SMILES string of the molecule is CCOc1ccc2nc(N3C(=O)C(O)=C(C(=O)c4cccs4)C3c3ccc(N(C)C)cc3)sc2c1. The van der Waals surface area contributed by atoms with E-state index in [1.54, 1.807) is 17.5 Å². The minimum atomic E-state index is -0.805. The lowest BCUT2D eigenvalue weighted by Gasteiger charge is -2.25. The van der Waals surface area contributed by atoms with Gasteiger partial charge < -0.3 is 14.7 Å². The smallest absolute Gasteiger partial charge is 0.296 e. The van der Waals surface area contributed by atoms with Gasteiger partial charge in [-0.1, -0.05) is 29.5 Å². The van der Waals surface area contributed by atoms with E-state index in [0.29, 0.717) is 33.4 Å². The van der Waals surface area contributed by atoms with E-state index in [2.05, 4.69) is 4.98 Å². The maximum atomic E-state index is 13.5. The van der Waals surface area contributed by atoms with Gasteiger partial charge in [0.1, 0.15) is 5.75 Å². The number of benzene rings is 2. The topological polar surface area (TPSA) is 83.0 Å². The molecule has 1 N–H and O–H groups in total. The van der Waals surface area contributed by atoms with E-state index in [-0.39, 0.29) is 11.4 Å². The van der Waals surface area contributed by atoms with Crippen LogP contribution < -0.4 is 14.5 Å². The van der Waals surface area contributed by atoms with Crippen LogP contribution in [0.25, 0.3) is 10.2 Å². The summed E-state index contributed by atoms with van der Waals surface area (Å²) in [5, 5.41) is 13.1. The van der Waals surface area contributed by atoms with Gasteiger partial charge in [-0.05, 0) is 54.3 Å². The number of thiophene rings is 1. The lowest BCUT2D eigenvalue weighted by Crippen LogP contribution is -2.31. The Morgan fingerprint density at radius 3 is 2.60 bits per heavy atom. The predicted molar refractivity (Wildman–Crippen MR) is 140 cm³/mol. The molecular formula is C26H23N3O4S2. The van der Waals surface area contributed by atoms with Crippen molar-refractivity contribution in [3.63, 3.8) is 0 Å². The van der Waals surface area contributed by atoms with E-state index in [4.69, 9.17) is 4.74 Å². The second-order valence-electron chi connectivity index (χ2n) is 8.19. The van der Waals surface area contributed by atoms with Gasteiger partial charge in [-0.2, -0.15) is 0 Å². The Morgan fingerprint density at radius 2 is 1.94 bits per heavy atom. The number of ketones is 1. The van der Waals surface area contributed by atoms with E-state index in [9.17, 15) is 14.7 Å². The molecule has 1 atom stereocenters.